The minimum Gasteiger partial charge on any atom is -0.310 e. The van der Waals surface area contributed by atoms with E-state index in [1.807, 2.05) is 6.07 Å². The molecule has 6 heteroatoms. The number of hydrogen-bond acceptors (Lipinski definition) is 4. The molecule has 0 N–H and O–H groups in total. The highest BCUT2D eigenvalue weighted by Gasteiger charge is 2.23. The van der Waals surface area contributed by atoms with Crippen LogP contribution in [0.15, 0.2) is 48.5 Å². The Morgan fingerprint density at radius 3 is 2.48 bits per heavy atom. The van der Waals surface area contributed by atoms with E-state index < -0.39 is 10.8 Å². The Hall–Kier alpha value is -3.20. The lowest BCUT2D eigenvalue weighted by molar-refractivity contribution is -0.385. The van der Waals surface area contributed by atoms with Gasteiger partial charge in [-0.05, 0) is 18.2 Å². The van der Waals surface area contributed by atoms with Gasteiger partial charge in [0.05, 0.1) is 16.2 Å². The third-order valence-corrected chi connectivity index (χ3v) is 3.02. The van der Waals surface area contributed by atoms with Crippen LogP contribution in [-0.4, -0.2) is 17.9 Å². The van der Waals surface area contributed by atoms with Crippen molar-refractivity contribution < 1.29 is 9.72 Å². The first-order chi connectivity index (χ1) is 10.1. The van der Waals surface area contributed by atoms with E-state index in [1.165, 1.54) is 30.1 Å². The summed E-state index contributed by atoms with van der Waals surface area (Å²) in [6.45, 7) is 0. The SMILES string of the molecule is CN(C(=O)c1ccccc1[N+](=O)[O-])c1ccccc1C#N. The topological polar surface area (TPSA) is 87.2 Å². The summed E-state index contributed by atoms with van der Waals surface area (Å²) in [5.74, 6) is -0.537. The lowest BCUT2D eigenvalue weighted by Gasteiger charge is -2.18. The van der Waals surface area contributed by atoms with Gasteiger partial charge in [-0.3, -0.25) is 14.9 Å². The monoisotopic (exact) mass is 281 g/mol. The van der Waals surface area contributed by atoms with Crippen molar-refractivity contribution >= 4 is 17.3 Å². The number of anilines is 1. The number of nitrogens with zero attached hydrogens (tertiary/aromatic N) is 3. The summed E-state index contributed by atoms with van der Waals surface area (Å²) < 4.78 is 0. The van der Waals surface area contributed by atoms with Crippen LogP contribution in [0, 0.1) is 21.4 Å². The van der Waals surface area contributed by atoms with Crippen molar-refractivity contribution in [3.05, 3.63) is 69.8 Å². The number of hydrogen-bond donors (Lipinski definition) is 0. The van der Waals surface area contributed by atoms with Gasteiger partial charge in [0.2, 0.25) is 0 Å². The third kappa shape index (κ3) is 2.72. The second kappa shape index (κ2) is 5.84. The number of para-hydroxylation sites is 2. The minimum absolute atomic E-state index is 0.0160. The van der Waals surface area contributed by atoms with Crippen molar-refractivity contribution in [2.75, 3.05) is 11.9 Å². The molecule has 0 fully saturated rings. The largest absolute Gasteiger partial charge is 0.310 e. The van der Waals surface area contributed by atoms with Gasteiger partial charge in [0.25, 0.3) is 11.6 Å². The Labute approximate surface area is 121 Å². The van der Waals surface area contributed by atoms with Crippen molar-refractivity contribution in [1.29, 1.82) is 5.26 Å². The maximum Gasteiger partial charge on any atom is 0.282 e. The summed E-state index contributed by atoms with van der Waals surface area (Å²) in [4.78, 5) is 24.1. The van der Waals surface area contributed by atoms with Gasteiger partial charge in [-0.2, -0.15) is 5.26 Å². The fourth-order valence-corrected chi connectivity index (χ4v) is 1.96. The average Bonchev–Trinajstić information content (AvgIpc) is 2.53. The molecule has 0 aliphatic carbocycles. The van der Waals surface area contributed by atoms with Gasteiger partial charge >= 0.3 is 0 Å². The third-order valence-electron chi connectivity index (χ3n) is 3.02. The Kier molecular flexibility index (Phi) is 3.95. The Morgan fingerprint density at radius 2 is 1.81 bits per heavy atom. The van der Waals surface area contributed by atoms with E-state index in [4.69, 9.17) is 5.26 Å². The molecule has 21 heavy (non-hydrogen) atoms. The highest BCUT2D eigenvalue weighted by atomic mass is 16.6. The van der Waals surface area contributed by atoms with Crippen LogP contribution in [0.5, 0.6) is 0 Å². The summed E-state index contributed by atoms with van der Waals surface area (Å²) in [5.41, 5.74) is 0.455. The van der Waals surface area contributed by atoms with Crippen LogP contribution in [0.25, 0.3) is 0 Å². The van der Waals surface area contributed by atoms with Gasteiger partial charge in [0.15, 0.2) is 0 Å². The van der Waals surface area contributed by atoms with Gasteiger partial charge in [-0.15, -0.1) is 0 Å². The number of amides is 1. The molecule has 0 unspecified atom stereocenters. The lowest BCUT2D eigenvalue weighted by atomic mass is 10.1. The molecular formula is C15H11N3O3. The molecule has 2 aromatic rings. The number of benzene rings is 2. The van der Waals surface area contributed by atoms with Gasteiger partial charge in [0.1, 0.15) is 11.6 Å². The van der Waals surface area contributed by atoms with Gasteiger partial charge in [-0.25, -0.2) is 0 Å². The molecule has 0 aliphatic rings. The molecule has 0 aliphatic heterocycles. The molecule has 2 rings (SSSR count). The van der Waals surface area contributed by atoms with Gasteiger partial charge in [0, 0.05) is 13.1 Å². The molecule has 0 radical (unpaired) electrons. The summed E-state index contributed by atoms with van der Waals surface area (Å²) in [6, 6.07) is 14.3. The summed E-state index contributed by atoms with van der Waals surface area (Å²) in [7, 11) is 1.48. The molecule has 0 bridgehead atoms. The van der Waals surface area contributed by atoms with Gasteiger partial charge < -0.3 is 4.90 Å². The van der Waals surface area contributed by atoms with Crippen LogP contribution >= 0.6 is 0 Å². The van der Waals surface area contributed by atoms with Crippen LogP contribution in [0.3, 0.4) is 0 Å². The number of rotatable bonds is 3. The maximum absolute atomic E-state index is 12.5. The van der Waals surface area contributed by atoms with E-state index in [1.54, 1.807) is 30.3 Å². The quantitative estimate of drug-likeness (QED) is 0.639. The fraction of sp³-hybridized carbons (Fsp3) is 0.0667. The molecule has 0 spiro atoms. The van der Waals surface area contributed by atoms with Crippen LogP contribution in [0.2, 0.25) is 0 Å². The molecule has 1 amide bonds. The molecule has 6 nitrogen and oxygen atoms in total. The van der Waals surface area contributed by atoms with Crippen LogP contribution in [0.1, 0.15) is 15.9 Å². The summed E-state index contributed by atoms with van der Waals surface area (Å²) >= 11 is 0. The standard InChI is InChI=1S/C15H11N3O3/c1-17(13-8-4-2-6-11(13)10-16)15(19)12-7-3-5-9-14(12)18(20)21/h2-9H,1H3. The molecule has 0 saturated carbocycles. The van der Waals surface area contributed by atoms with Crippen molar-refractivity contribution in [1.82, 2.24) is 0 Å². The predicted molar refractivity (Wildman–Crippen MR) is 77.0 cm³/mol. The summed E-state index contributed by atoms with van der Waals surface area (Å²) in [5, 5.41) is 20.1. The van der Waals surface area contributed by atoms with Crippen LogP contribution in [-0.2, 0) is 0 Å². The molecular weight excluding hydrogens is 270 g/mol. The zero-order valence-corrected chi connectivity index (χ0v) is 11.2. The number of nitriles is 1. The first-order valence-corrected chi connectivity index (χ1v) is 6.07. The first-order valence-electron chi connectivity index (χ1n) is 6.07. The molecule has 0 atom stereocenters. The number of nitro groups is 1. The molecule has 0 heterocycles. The van der Waals surface area contributed by atoms with Gasteiger partial charge in [-0.1, -0.05) is 24.3 Å². The smallest absolute Gasteiger partial charge is 0.282 e. The highest BCUT2D eigenvalue weighted by molar-refractivity contribution is 6.08. The van der Waals surface area contributed by atoms with Crippen LogP contribution < -0.4 is 4.90 Å². The molecule has 0 saturated heterocycles. The molecule has 2 aromatic carbocycles. The number of nitro benzene ring substituents is 1. The normalized spacial score (nSPS) is 9.71. The second-order valence-corrected chi connectivity index (χ2v) is 4.27. The van der Waals surface area contributed by atoms with E-state index in [9.17, 15) is 14.9 Å². The maximum atomic E-state index is 12.5. The minimum atomic E-state index is -0.600. The van der Waals surface area contributed by atoms with Crippen LogP contribution in [0.4, 0.5) is 11.4 Å². The van der Waals surface area contributed by atoms with E-state index in [0.717, 1.165) is 0 Å². The van der Waals surface area contributed by atoms with Crippen molar-refractivity contribution in [3.8, 4) is 6.07 Å². The molecule has 104 valence electrons. The first kappa shape index (κ1) is 14.2. The highest BCUT2D eigenvalue weighted by Crippen LogP contribution is 2.24. The van der Waals surface area contributed by atoms with Crippen molar-refractivity contribution in [2.45, 2.75) is 0 Å². The predicted octanol–water partition coefficient (Wildman–Crippen LogP) is 2.74. The van der Waals surface area contributed by atoms with Crippen molar-refractivity contribution in [3.63, 3.8) is 0 Å². The summed E-state index contributed by atoms with van der Waals surface area (Å²) in [6.07, 6.45) is 0. The van der Waals surface area contributed by atoms with E-state index >= 15 is 0 Å². The number of carbonyl (C=O) groups excluding carboxylic acids is 1. The van der Waals surface area contributed by atoms with E-state index in [0.29, 0.717) is 11.3 Å². The van der Waals surface area contributed by atoms with E-state index in [2.05, 4.69) is 0 Å². The van der Waals surface area contributed by atoms with E-state index in [-0.39, 0.29) is 11.3 Å². The fourth-order valence-electron chi connectivity index (χ4n) is 1.96. The average molecular weight is 281 g/mol. The van der Waals surface area contributed by atoms with Crippen molar-refractivity contribution in [2.24, 2.45) is 0 Å². The lowest BCUT2D eigenvalue weighted by Crippen LogP contribution is -2.27. The zero-order valence-electron chi connectivity index (χ0n) is 11.2. The zero-order chi connectivity index (χ0) is 15.4. The Bertz CT molecular complexity index is 750. The molecule has 0 aromatic heterocycles. The number of carbonyl (C=O) groups is 1. The Balaban J connectivity index is 2.46. The second-order valence-electron chi connectivity index (χ2n) is 4.27. The Morgan fingerprint density at radius 1 is 1.19 bits per heavy atom.